The van der Waals surface area contributed by atoms with Gasteiger partial charge in [-0.05, 0) is 24.6 Å². The molecule has 1 amide bonds. The summed E-state index contributed by atoms with van der Waals surface area (Å²) in [6.07, 6.45) is 14.8. The van der Waals surface area contributed by atoms with E-state index in [4.69, 9.17) is 0 Å². The van der Waals surface area contributed by atoms with Crippen LogP contribution in [-0.4, -0.2) is 22.4 Å². The van der Waals surface area contributed by atoms with E-state index < -0.39 is 0 Å². The van der Waals surface area contributed by atoms with Gasteiger partial charge >= 0.3 is 0 Å². The molecule has 4 nitrogen and oxygen atoms in total. The lowest BCUT2D eigenvalue weighted by Gasteiger charge is -2.05. The molecule has 0 aliphatic carbocycles. The van der Waals surface area contributed by atoms with Crippen molar-refractivity contribution < 1.29 is 4.79 Å². The molecule has 1 aromatic carbocycles. The summed E-state index contributed by atoms with van der Waals surface area (Å²) in [7, 11) is 0. The average molecular weight is 329 g/mol. The lowest BCUT2D eigenvalue weighted by Crippen LogP contribution is -2.24. The third-order valence-electron chi connectivity index (χ3n) is 4.50. The van der Waals surface area contributed by atoms with Gasteiger partial charge < -0.3 is 10.3 Å². The number of unbranched alkanes of at least 4 members (excludes halogenated alkanes) is 9. The van der Waals surface area contributed by atoms with Gasteiger partial charge in [0, 0.05) is 12.1 Å². The standard InChI is InChI=1S/C20H31N3O/c1-2-3-4-5-6-7-8-9-10-11-14-21-20(24)17-12-13-18-19(15-17)23-16-22-18/h12-13,15-16H,2-11,14H2,1H3,(H,21,24)(H,22,23). The fraction of sp³-hybridized carbons (Fsp3) is 0.600. The molecule has 1 aromatic heterocycles. The molecule has 2 rings (SSSR count). The van der Waals surface area contributed by atoms with Crippen LogP contribution < -0.4 is 5.32 Å². The van der Waals surface area contributed by atoms with E-state index in [-0.39, 0.29) is 5.91 Å². The van der Waals surface area contributed by atoms with Gasteiger partial charge in [-0.2, -0.15) is 0 Å². The Morgan fingerprint density at radius 1 is 1.00 bits per heavy atom. The molecule has 0 fully saturated rings. The first-order chi connectivity index (χ1) is 11.8. The minimum Gasteiger partial charge on any atom is -0.352 e. The monoisotopic (exact) mass is 329 g/mol. The van der Waals surface area contributed by atoms with Crippen LogP contribution >= 0.6 is 0 Å². The molecule has 4 heteroatoms. The van der Waals surface area contributed by atoms with Crippen molar-refractivity contribution >= 4 is 16.9 Å². The number of carbonyl (C=O) groups is 1. The number of nitrogens with zero attached hydrogens (tertiary/aromatic N) is 1. The molecule has 1 heterocycles. The normalized spacial score (nSPS) is 11.0. The van der Waals surface area contributed by atoms with Gasteiger partial charge in [0.25, 0.3) is 5.91 Å². The van der Waals surface area contributed by atoms with E-state index in [0.717, 1.165) is 24.0 Å². The van der Waals surface area contributed by atoms with E-state index in [1.54, 1.807) is 6.33 Å². The van der Waals surface area contributed by atoms with Crippen molar-refractivity contribution in [1.29, 1.82) is 0 Å². The lowest BCUT2D eigenvalue weighted by molar-refractivity contribution is 0.0953. The number of amides is 1. The zero-order valence-corrected chi connectivity index (χ0v) is 14.9. The van der Waals surface area contributed by atoms with Crippen LogP contribution in [0.5, 0.6) is 0 Å². The highest BCUT2D eigenvalue weighted by atomic mass is 16.1. The summed E-state index contributed by atoms with van der Waals surface area (Å²) in [4.78, 5) is 19.3. The number of fused-ring (bicyclic) bond motifs is 1. The molecule has 0 aliphatic rings. The molecular formula is C20H31N3O. The Morgan fingerprint density at radius 2 is 1.67 bits per heavy atom. The van der Waals surface area contributed by atoms with Crippen molar-refractivity contribution in [2.75, 3.05) is 6.54 Å². The van der Waals surface area contributed by atoms with Crippen LogP contribution in [0.2, 0.25) is 0 Å². The van der Waals surface area contributed by atoms with E-state index in [0.29, 0.717) is 5.56 Å². The second kappa shape index (κ2) is 10.8. The highest BCUT2D eigenvalue weighted by molar-refractivity contribution is 5.97. The molecule has 0 saturated heterocycles. The second-order valence-electron chi connectivity index (χ2n) is 6.57. The summed E-state index contributed by atoms with van der Waals surface area (Å²) < 4.78 is 0. The largest absolute Gasteiger partial charge is 0.352 e. The Labute approximate surface area is 145 Å². The zero-order valence-electron chi connectivity index (χ0n) is 14.9. The molecule has 0 bridgehead atoms. The molecule has 0 spiro atoms. The van der Waals surface area contributed by atoms with Gasteiger partial charge in [-0.1, -0.05) is 64.7 Å². The number of hydrogen-bond donors (Lipinski definition) is 2. The molecular weight excluding hydrogens is 298 g/mol. The Hall–Kier alpha value is -1.84. The van der Waals surface area contributed by atoms with E-state index in [9.17, 15) is 4.79 Å². The predicted octanol–water partition coefficient (Wildman–Crippen LogP) is 5.21. The van der Waals surface area contributed by atoms with E-state index in [1.807, 2.05) is 18.2 Å². The lowest BCUT2D eigenvalue weighted by atomic mass is 10.1. The number of hydrogen-bond acceptors (Lipinski definition) is 2. The van der Waals surface area contributed by atoms with E-state index in [1.165, 1.54) is 57.8 Å². The summed E-state index contributed by atoms with van der Waals surface area (Å²) >= 11 is 0. The van der Waals surface area contributed by atoms with Gasteiger partial charge in [0.2, 0.25) is 0 Å². The number of benzene rings is 1. The second-order valence-corrected chi connectivity index (χ2v) is 6.57. The molecule has 2 N–H and O–H groups in total. The van der Waals surface area contributed by atoms with Crippen LogP contribution in [-0.2, 0) is 0 Å². The predicted molar refractivity (Wildman–Crippen MR) is 100 cm³/mol. The average Bonchev–Trinajstić information content (AvgIpc) is 3.07. The molecule has 0 unspecified atom stereocenters. The summed E-state index contributed by atoms with van der Waals surface area (Å²) in [5.41, 5.74) is 2.48. The first kappa shape index (κ1) is 18.5. The van der Waals surface area contributed by atoms with Gasteiger partial charge in [-0.25, -0.2) is 4.98 Å². The molecule has 0 radical (unpaired) electrons. The quantitative estimate of drug-likeness (QED) is 0.525. The van der Waals surface area contributed by atoms with Crippen molar-refractivity contribution in [3.8, 4) is 0 Å². The Kier molecular flexibility index (Phi) is 8.36. The minimum atomic E-state index is -0.00387. The fourth-order valence-corrected chi connectivity index (χ4v) is 2.99. The number of imidazole rings is 1. The Balaban J connectivity index is 1.50. The van der Waals surface area contributed by atoms with E-state index in [2.05, 4.69) is 22.2 Å². The van der Waals surface area contributed by atoms with Gasteiger partial charge in [0.1, 0.15) is 0 Å². The third-order valence-corrected chi connectivity index (χ3v) is 4.50. The molecule has 0 atom stereocenters. The zero-order chi connectivity index (χ0) is 17.0. The van der Waals surface area contributed by atoms with Crippen molar-refractivity contribution in [3.05, 3.63) is 30.1 Å². The number of carbonyl (C=O) groups excluding carboxylic acids is 1. The first-order valence-corrected chi connectivity index (χ1v) is 9.52. The molecule has 2 aromatic rings. The number of rotatable bonds is 12. The van der Waals surface area contributed by atoms with Crippen LogP contribution in [0.4, 0.5) is 0 Å². The smallest absolute Gasteiger partial charge is 0.251 e. The summed E-state index contributed by atoms with van der Waals surface area (Å²) in [5.74, 6) is -0.00387. The number of aromatic amines is 1. The van der Waals surface area contributed by atoms with E-state index >= 15 is 0 Å². The number of aromatic nitrogens is 2. The SMILES string of the molecule is CCCCCCCCCCCCNC(=O)c1ccc2[nH]cnc2c1. The topological polar surface area (TPSA) is 57.8 Å². The maximum absolute atomic E-state index is 12.1. The Bertz CT molecular complexity index is 606. The van der Waals surface area contributed by atoms with Crippen LogP contribution in [0.25, 0.3) is 11.0 Å². The maximum atomic E-state index is 12.1. The van der Waals surface area contributed by atoms with Gasteiger partial charge in [-0.3, -0.25) is 4.79 Å². The van der Waals surface area contributed by atoms with Crippen molar-refractivity contribution in [2.24, 2.45) is 0 Å². The summed E-state index contributed by atoms with van der Waals surface area (Å²) in [5, 5.41) is 3.00. The van der Waals surface area contributed by atoms with Crippen molar-refractivity contribution in [1.82, 2.24) is 15.3 Å². The van der Waals surface area contributed by atoms with Crippen LogP contribution in [0.1, 0.15) is 81.5 Å². The number of nitrogens with one attached hydrogen (secondary N) is 2. The molecule has 0 saturated carbocycles. The minimum absolute atomic E-state index is 0.00387. The van der Waals surface area contributed by atoms with Gasteiger partial charge in [0.15, 0.2) is 0 Å². The van der Waals surface area contributed by atoms with Gasteiger partial charge in [-0.15, -0.1) is 0 Å². The fourth-order valence-electron chi connectivity index (χ4n) is 2.99. The number of H-pyrrole nitrogens is 1. The van der Waals surface area contributed by atoms with Crippen LogP contribution in [0, 0.1) is 0 Å². The Morgan fingerprint density at radius 3 is 2.38 bits per heavy atom. The first-order valence-electron chi connectivity index (χ1n) is 9.52. The van der Waals surface area contributed by atoms with Crippen LogP contribution in [0.3, 0.4) is 0 Å². The van der Waals surface area contributed by atoms with Crippen molar-refractivity contribution in [2.45, 2.75) is 71.1 Å². The summed E-state index contributed by atoms with van der Waals surface area (Å²) in [6.45, 7) is 3.02. The van der Waals surface area contributed by atoms with Crippen molar-refractivity contribution in [3.63, 3.8) is 0 Å². The molecule has 132 valence electrons. The highest BCUT2D eigenvalue weighted by Gasteiger charge is 2.06. The maximum Gasteiger partial charge on any atom is 0.251 e. The molecule has 24 heavy (non-hydrogen) atoms. The molecule has 0 aliphatic heterocycles. The highest BCUT2D eigenvalue weighted by Crippen LogP contribution is 2.12. The van der Waals surface area contributed by atoms with Crippen LogP contribution in [0.15, 0.2) is 24.5 Å². The summed E-state index contributed by atoms with van der Waals surface area (Å²) in [6, 6.07) is 5.58. The third kappa shape index (κ3) is 6.34. The van der Waals surface area contributed by atoms with Gasteiger partial charge in [0.05, 0.1) is 17.4 Å².